The number of phenolic OH excluding ortho intramolecular Hbond substituents is 1. The fraction of sp³-hybridized carbons (Fsp3) is 0.588. The van der Waals surface area contributed by atoms with Gasteiger partial charge in [0.05, 0.1) is 4.47 Å². The molecule has 0 spiro atoms. The van der Waals surface area contributed by atoms with Crippen molar-refractivity contribution in [2.45, 2.75) is 65.2 Å². The minimum absolute atomic E-state index is 0.150. The van der Waals surface area contributed by atoms with Gasteiger partial charge in [0.2, 0.25) is 0 Å². The van der Waals surface area contributed by atoms with Crippen molar-refractivity contribution in [1.29, 1.82) is 0 Å². The van der Waals surface area contributed by atoms with Crippen LogP contribution in [0.1, 0.15) is 73.9 Å². The van der Waals surface area contributed by atoms with Gasteiger partial charge in [0.25, 0.3) is 0 Å². The molecule has 0 saturated carbocycles. The standard InChI is InChI=1S/C17H25BrO4/c1-3-5-7-9-11-12(10-8-6-4-2)14(18)16(20)15(19)13(11)17(21)22/h19-20H,3-10H2,1-2H3,(H,21,22). The van der Waals surface area contributed by atoms with Crippen molar-refractivity contribution in [1.82, 2.24) is 0 Å². The molecule has 0 fully saturated rings. The van der Waals surface area contributed by atoms with Crippen molar-refractivity contribution in [3.05, 3.63) is 21.2 Å². The number of hydrogen-bond donors (Lipinski definition) is 3. The van der Waals surface area contributed by atoms with Gasteiger partial charge in [0, 0.05) is 0 Å². The molecule has 1 aromatic rings. The lowest BCUT2D eigenvalue weighted by molar-refractivity contribution is 0.0691. The molecule has 22 heavy (non-hydrogen) atoms. The van der Waals surface area contributed by atoms with Gasteiger partial charge in [0.1, 0.15) is 5.56 Å². The molecule has 0 heterocycles. The normalized spacial score (nSPS) is 10.9. The minimum atomic E-state index is -1.19. The summed E-state index contributed by atoms with van der Waals surface area (Å²) in [6.07, 6.45) is 7.26. The first-order valence-electron chi connectivity index (χ1n) is 7.94. The van der Waals surface area contributed by atoms with E-state index in [9.17, 15) is 20.1 Å². The van der Waals surface area contributed by atoms with Crippen molar-refractivity contribution in [3.63, 3.8) is 0 Å². The van der Waals surface area contributed by atoms with E-state index in [4.69, 9.17) is 0 Å². The van der Waals surface area contributed by atoms with E-state index >= 15 is 0 Å². The van der Waals surface area contributed by atoms with Gasteiger partial charge < -0.3 is 15.3 Å². The second-order valence-electron chi connectivity index (χ2n) is 5.56. The Hall–Kier alpha value is -1.23. The fourth-order valence-corrected chi connectivity index (χ4v) is 3.29. The van der Waals surface area contributed by atoms with E-state index in [1.54, 1.807) is 0 Å². The van der Waals surface area contributed by atoms with Crippen LogP contribution in [-0.4, -0.2) is 21.3 Å². The SMILES string of the molecule is CCCCCc1c(Br)c(O)c(O)c(C(=O)O)c1CCCCC. The summed E-state index contributed by atoms with van der Waals surface area (Å²) in [7, 11) is 0. The Morgan fingerprint density at radius 2 is 1.41 bits per heavy atom. The Bertz CT molecular complexity index is 526. The summed E-state index contributed by atoms with van der Waals surface area (Å²) in [5.41, 5.74) is 1.32. The molecule has 0 aromatic heterocycles. The number of carboxylic acid groups (broad SMARTS) is 1. The molecule has 0 radical (unpaired) electrons. The van der Waals surface area contributed by atoms with Crippen LogP contribution in [0.4, 0.5) is 0 Å². The molecular weight excluding hydrogens is 348 g/mol. The van der Waals surface area contributed by atoms with Crippen molar-refractivity contribution in [2.24, 2.45) is 0 Å². The highest BCUT2D eigenvalue weighted by Crippen LogP contribution is 2.43. The number of phenols is 2. The molecule has 1 aromatic carbocycles. The van der Waals surface area contributed by atoms with E-state index in [-0.39, 0.29) is 11.3 Å². The van der Waals surface area contributed by atoms with Gasteiger partial charge in [-0.1, -0.05) is 39.5 Å². The molecule has 1 rings (SSSR count). The number of carboxylic acids is 1. The van der Waals surface area contributed by atoms with Crippen molar-refractivity contribution < 1.29 is 20.1 Å². The molecule has 124 valence electrons. The van der Waals surface area contributed by atoms with Gasteiger partial charge >= 0.3 is 5.97 Å². The molecule has 5 heteroatoms. The summed E-state index contributed by atoms with van der Waals surface area (Å²) in [4.78, 5) is 11.5. The molecule has 0 aliphatic carbocycles. The van der Waals surface area contributed by atoms with E-state index < -0.39 is 11.7 Å². The Kier molecular flexibility index (Phi) is 7.73. The van der Waals surface area contributed by atoms with Crippen LogP contribution in [0.3, 0.4) is 0 Å². The molecule has 0 amide bonds. The van der Waals surface area contributed by atoms with E-state index in [1.807, 2.05) is 0 Å². The van der Waals surface area contributed by atoms with Crippen LogP contribution < -0.4 is 0 Å². The molecule has 0 unspecified atom stereocenters. The lowest BCUT2D eigenvalue weighted by Crippen LogP contribution is -2.08. The number of unbranched alkanes of at least 4 members (excludes halogenated alkanes) is 4. The summed E-state index contributed by atoms with van der Waals surface area (Å²) in [6, 6.07) is 0. The average molecular weight is 373 g/mol. The quantitative estimate of drug-likeness (QED) is 0.419. The lowest BCUT2D eigenvalue weighted by atomic mass is 9.91. The van der Waals surface area contributed by atoms with Gasteiger partial charge in [-0.05, 0) is 52.7 Å². The zero-order valence-corrected chi connectivity index (χ0v) is 14.9. The maximum Gasteiger partial charge on any atom is 0.339 e. The van der Waals surface area contributed by atoms with Crippen molar-refractivity contribution in [2.75, 3.05) is 0 Å². The Labute approximate surface area is 140 Å². The number of halogens is 1. The number of carbonyl (C=O) groups is 1. The largest absolute Gasteiger partial charge is 0.504 e. The van der Waals surface area contributed by atoms with Crippen LogP contribution in [0.5, 0.6) is 11.5 Å². The van der Waals surface area contributed by atoms with E-state index in [1.165, 1.54) is 0 Å². The van der Waals surface area contributed by atoms with Gasteiger partial charge in [-0.15, -0.1) is 0 Å². The highest BCUT2D eigenvalue weighted by atomic mass is 79.9. The predicted molar refractivity (Wildman–Crippen MR) is 90.9 cm³/mol. The Balaban J connectivity index is 3.32. The maximum atomic E-state index is 11.5. The third-order valence-corrected chi connectivity index (χ3v) is 4.73. The summed E-state index contributed by atoms with van der Waals surface area (Å²) >= 11 is 3.32. The number of hydrogen-bond acceptors (Lipinski definition) is 3. The average Bonchev–Trinajstić information content (AvgIpc) is 2.48. The van der Waals surface area contributed by atoms with Gasteiger partial charge in [-0.3, -0.25) is 0 Å². The first kappa shape index (κ1) is 18.8. The zero-order valence-electron chi connectivity index (χ0n) is 13.3. The Morgan fingerprint density at radius 3 is 1.86 bits per heavy atom. The third-order valence-electron chi connectivity index (χ3n) is 3.87. The summed E-state index contributed by atoms with van der Waals surface area (Å²) in [5, 5.41) is 29.5. The smallest absolute Gasteiger partial charge is 0.339 e. The van der Waals surface area contributed by atoms with Gasteiger partial charge in [-0.25, -0.2) is 4.79 Å². The second kappa shape index (κ2) is 9.03. The van der Waals surface area contributed by atoms with Crippen LogP contribution in [-0.2, 0) is 12.8 Å². The first-order valence-corrected chi connectivity index (χ1v) is 8.73. The summed E-state index contributed by atoms with van der Waals surface area (Å²) < 4.78 is 0.428. The molecule has 0 atom stereocenters. The molecule has 0 aliphatic heterocycles. The topological polar surface area (TPSA) is 77.8 Å². The monoisotopic (exact) mass is 372 g/mol. The zero-order chi connectivity index (χ0) is 16.7. The van der Waals surface area contributed by atoms with Crippen LogP contribution in [0.25, 0.3) is 0 Å². The summed E-state index contributed by atoms with van der Waals surface area (Å²) in [6.45, 7) is 4.19. The number of aromatic hydroxyl groups is 2. The number of benzene rings is 1. The third kappa shape index (κ3) is 4.38. The highest BCUT2D eigenvalue weighted by Gasteiger charge is 2.25. The van der Waals surface area contributed by atoms with Crippen LogP contribution in [0.15, 0.2) is 4.47 Å². The molecular formula is C17H25BrO4. The second-order valence-corrected chi connectivity index (χ2v) is 6.36. The predicted octanol–water partition coefficient (Wildman–Crippen LogP) is 5.02. The molecule has 4 nitrogen and oxygen atoms in total. The number of aromatic carboxylic acids is 1. The lowest BCUT2D eigenvalue weighted by Gasteiger charge is -2.18. The molecule has 0 saturated heterocycles. The van der Waals surface area contributed by atoms with Crippen molar-refractivity contribution >= 4 is 21.9 Å². The Morgan fingerprint density at radius 1 is 0.909 bits per heavy atom. The number of rotatable bonds is 9. The van der Waals surface area contributed by atoms with Crippen LogP contribution in [0, 0.1) is 0 Å². The molecule has 0 aliphatic rings. The van der Waals surface area contributed by atoms with E-state index in [2.05, 4.69) is 29.8 Å². The highest BCUT2D eigenvalue weighted by molar-refractivity contribution is 9.10. The van der Waals surface area contributed by atoms with Crippen LogP contribution in [0.2, 0.25) is 0 Å². The summed E-state index contributed by atoms with van der Waals surface area (Å²) in [5.74, 6) is -2.10. The molecule has 0 bridgehead atoms. The maximum absolute atomic E-state index is 11.5. The van der Waals surface area contributed by atoms with Crippen LogP contribution >= 0.6 is 15.9 Å². The van der Waals surface area contributed by atoms with E-state index in [0.29, 0.717) is 22.9 Å². The van der Waals surface area contributed by atoms with Gasteiger partial charge in [-0.2, -0.15) is 0 Å². The van der Waals surface area contributed by atoms with E-state index in [0.717, 1.165) is 44.1 Å². The first-order chi connectivity index (χ1) is 10.5. The minimum Gasteiger partial charge on any atom is -0.504 e. The molecule has 3 N–H and O–H groups in total. The fourth-order valence-electron chi connectivity index (χ4n) is 2.66. The van der Waals surface area contributed by atoms with Crippen molar-refractivity contribution in [3.8, 4) is 11.5 Å². The van der Waals surface area contributed by atoms with Gasteiger partial charge in [0.15, 0.2) is 11.5 Å².